The number of carbonyl (C=O) groups is 2. The first-order valence-electron chi connectivity index (χ1n) is 11.1. The van der Waals surface area contributed by atoms with Gasteiger partial charge in [0.15, 0.2) is 0 Å². The van der Waals surface area contributed by atoms with Crippen molar-refractivity contribution in [2.24, 2.45) is 0 Å². The highest BCUT2D eigenvalue weighted by Gasteiger charge is 2.25. The van der Waals surface area contributed by atoms with Gasteiger partial charge in [-0.2, -0.15) is 0 Å². The van der Waals surface area contributed by atoms with Gasteiger partial charge in [0.2, 0.25) is 0 Å². The Morgan fingerprint density at radius 1 is 0.788 bits per heavy atom. The van der Waals surface area contributed by atoms with E-state index < -0.39 is 5.97 Å². The molecule has 3 aromatic carbocycles. The molecule has 5 N–H and O–H groups in total. The maximum absolute atomic E-state index is 13.5. The number of quaternary nitrogens is 1. The average molecular weight is 447 g/mol. The highest BCUT2D eigenvalue weighted by molar-refractivity contribution is 6.09. The summed E-state index contributed by atoms with van der Waals surface area (Å²) in [4.78, 5) is 25.8. The Balaban J connectivity index is 0.00000385. The van der Waals surface area contributed by atoms with E-state index in [0.29, 0.717) is 30.4 Å². The van der Waals surface area contributed by atoms with Crippen LogP contribution in [-0.2, 0) is 19.3 Å². The van der Waals surface area contributed by atoms with Crippen molar-refractivity contribution in [3.63, 3.8) is 0 Å². The van der Waals surface area contributed by atoms with Crippen molar-refractivity contribution in [1.82, 2.24) is 6.15 Å². The molecule has 174 valence electrons. The molecule has 33 heavy (non-hydrogen) atoms. The van der Waals surface area contributed by atoms with Crippen LogP contribution in [-0.4, -0.2) is 11.9 Å². The van der Waals surface area contributed by atoms with E-state index >= 15 is 0 Å². The number of carboxylic acid groups (broad SMARTS) is 1. The molecule has 0 aliphatic rings. The van der Waals surface area contributed by atoms with E-state index in [2.05, 4.69) is 5.32 Å². The third-order valence-corrected chi connectivity index (χ3v) is 6.16. The number of hydrogen-bond donors (Lipinski definition) is 2. The number of benzene rings is 3. The molecule has 1 amide bonds. The van der Waals surface area contributed by atoms with Crippen LogP contribution < -0.4 is 16.6 Å². The zero-order chi connectivity index (χ0) is 23.4. The van der Waals surface area contributed by atoms with E-state index in [9.17, 15) is 14.7 Å². The summed E-state index contributed by atoms with van der Waals surface area (Å²) in [5.41, 5.74) is 7.34. The summed E-state index contributed by atoms with van der Waals surface area (Å²) >= 11 is 0. The number of rotatable bonds is 7. The Morgan fingerprint density at radius 2 is 1.36 bits per heavy atom. The fraction of sp³-hybridized carbons (Fsp3) is 0.286. The third-order valence-electron chi connectivity index (χ3n) is 6.16. The summed E-state index contributed by atoms with van der Waals surface area (Å²) in [6, 6.07) is 15.6. The van der Waals surface area contributed by atoms with Crippen LogP contribution in [0.4, 0.5) is 5.69 Å². The molecule has 0 spiro atoms. The van der Waals surface area contributed by atoms with Gasteiger partial charge >= 0.3 is 0 Å². The second-order valence-corrected chi connectivity index (χ2v) is 8.19. The lowest BCUT2D eigenvalue weighted by molar-refractivity contribution is -0.255. The van der Waals surface area contributed by atoms with Gasteiger partial charge < -0.3 is 21.4 Å². The van der Waals surface area contributed by atoms with Gasteiger partial charge in [0.05, 0.1) is 5.97 Å². The highest BCUT2D eigenvalue weighted by Crippen LogP contribution is 2.32. The van der Waals surface area contributed by atoms with E-state index in [0.717, 1.165) is 39.1 Å². The Bertz CT molecular complexity index is 1150. The molecule has 0 heterocycles. The van der Waals surface area contributed by atoms with Gasteiger partial charge in [-0.3, -0.25) is 4.79 Å². The first-order valence-corrected chi connectivity index (χ1v) is 11.1. The molecular weight excluding hydrogens is 412 g/mol. The minimum Gasteiger partial charge on any atom is -0.545 e. The van der Waals surface area contributed by atoms with Gasteiger partial charge in [-0.25, -0.2) is 0 Å². The number of hydrogen-bond acceptors (Lipinski definition) is 3. The van der Waals surface area contributed by atoms with Crippen LogP contribution >= 0.6 is 0 Å². The first-order chi connectivity index (χ1) is 15.3. The van der Waals surface area contributed by atoms with Crippen LogP contribution in [0.3, 0.4) is 0 Å². The zero-order valence-corrected chi connectivity index (χ0v) is 20.5. The van der Waals surface area contributed by atoms with E-state index in [1.807, 2.05) is 76.2 Å². The Morgan fingerprint density at radius 3 is 1.88 bits per heavy atom. The molecule has 0 atom stereocenters. The van der Waals surface area contributed by atoms with E-state index in [4.69, 9.17) is 0 Å². The number of nitrogens with one attached hydrogen (secondary N) is 1. The summed E-state index contributed by atoms with van der Waals surface area (Å²) in [5.74, 6) is -1.52. The lowest BCUT2D eigenvalue weighted by atomic mass is 9.82. The maximum Gasteiger partial charge on any atom is 0.256 e. The van der Waals surface area contributed by atoms with E-state index in [1.165, 1.54) is 0 Å². The van der Waals surface area contributed by atoms with E-state index in [1.54, 1.807) is 6.92 Å². The predicted octanol–water partition coefficient (Wildman–Crippen LogP) is 5.32. The van der Waals surface area contributed by atoms with Crippen LogP contribution in [0.25, 0.3) is 0 Å². The van der Waals surface area contributed by atoms with Crippen LogP contribution in [0.5, 0.6) is 0 Å². The molecule has 0 saturated heterocycles. The predicted molar refractivity (Wildman–Crippen MR) is 133 cm³/mol. The number of carbonyl (C=O) groups excluding carboxylic acids is 2. The Kier molecular flexibility index (Phi) is 8.55. The summed E-state index contributed by atoms with van der Waals surface area (Å²) in [6.45, 7) is 9.63. The third kappa shape index (κ3) is 5.15. The van der Waals surface area contributed by atoms with Gasteiger partial charge in [-0.05, 0) is 79.0 Å². The molecule has 0 aliphatic heterocycles. The summed E-state index contributed by atoms with van der Waals surface area (Å²) in [7, 11) is 0. The maximum atomic E-state index is 13.5. The van der Waals surface area contributed by atoms with Crippen molar-refractivity contribution >= 4 is 17.6 Å². The van der Waals surface area contributed by atoms with Crippen molar-refractivity contribution < 1.29 is 14.7 Å². The number of anilines is 1. The smallest absolute Gasteiger partial charge is 0.256 e. The topological polar surface area (TPSA) is 106 Å². The average Bonchev–Trinajstić information content (AvgIpc) is 2.76. The minimum absolute atomic E-state index is 0. The van der Waals surface area contributed by atoms with Gasteiger partial charge in [-0.15, -0.1) is 0 Å². The first kappa shape index (κ1) is 25.8. The number of para-hydroxylation sites is 1. The molecule has 3 rings (SSSR count). The molecule has 0 radical (unpaired) electrons. The fourth-order valence-electron chi connectivity index (χ4n) is 4.64. The van der Waals surface area contributed by atoms with Crippen molar-refractivity contribution in [1.29, 1.82) is 0 Å². The molecule has 0 unspecified atom stereocenters. The number of aromatic carboxylic acids is 1. The summed E-state index contributed by atoms with van der Waals surface area (Å²) in [6.07, 6.45) is 1.75. The highest BCUT2D eigenvalue weighted by atomic mass is 16.4. The van der Waals surface area contributed by atoms with Gasteiger partial charge in [-0.1, -0.05) is 62.4 Å². The molecule has 3 aromatic rings. The molecular formula is C28H34N2O3. The monoisotopic (exact) mass is 446 g/mol. The summed E-state index contributed by atoms with van der Waals surface area (Å²) in [5, 5.41) is 15.3. The van der Waals surface area contributed by atoms with Crippen LogP contribution in [0.15, 0.2) is 48.5 Å². The molecule has 0 bridgehead atoms. The van der Waals surface area contributed by atoms with Gasteiger partial charge in [0.25, 0.3) is 5.91 Å². The lowest BCUT2D eigenvalue weighted by Gasteiger charge is -2.25. The van der Waals surface area contributed by atoms with Crippen LogP contribution in [0, 0.1) is 20.8 Å². The number of amides is 1. The zero-order valence-electron chi connectivity index (χ0n) is 20.5. The molecule has 5 heteroatoms. The molecule has 0 fully saturated rings. The van der Waals surface area contributed by atoms with Crippen molar-refractivity contribution in [2.75, 3.05) is 5.32 Å². The normalized spacial score (nSPS) is 10.5. The van der Waals surface area contributed by atoms with Crippen molar-refractivity contribution in [3.05, 3.63) is 98.6 Å². The lowest BCUT2D eigenvalue weighted by Crippen LogP contribution is -2.29. The minimum atomic E-state index is -1.24. The van der Waals surface area contributed by atoms with E-state index in [-0.39, 0.29) is 17.6 Å². The Hall–Kier alpha value is -3.44. The second kappa shape index (κ2) is 10.9. The number of carboxylic acids is 1. The standard InChI is InChI=1S/C28H31NO3.H3N/c1-6-21-22(7-2)24(27(30)29-26-17(3)12-11-13-18(26)4)19(5)25(28(31)32)23(21)16-20-14-9-8-10-15-20;/h8-15H,6-7,16H2,1-5H3,(H,29,30)(H,31,32);1H3. The summed E-state index contributed by atoms with van der Waals surface area (Å²) < 4.78 is 0. The Labute approximate surface area is 196 Å². The van der Waals surface area contributed by atoms with Crippen LogP contribution in [0.2, 0.25) is 0 Å². The molecule has 0 saturated carbocycles. The largest absolute Gasteiger partial charge is 0.545 e. The van der Waals surface area contributed by atoms with Crippen molar-refractivity contribution in [3.8, 4) is 0 Å². The molecule has 5 nitrogen and oxygen atoms in total. The quantitative estimate of drug-likeness (QED) is 0.513. The van der Waals surface area contributed by atoms with Gasteiger partial charge in [0, 0.05) is 16.8 Å². The molecule has 0 aliphatic carbocycles. The SMILES string of the molecule is CCc1c(Cc2ccccc2)c(C(=O)[O-])c(C)c(C(=O)Nc2c(C)cccc2C)c1CC.[NH4+]. The number of aryl methyl sites for hydroxylation is 2. The van der Waals surface area contributed by atoms with Crippen molar-refractivity contribution in [2.45, 2.75) is 53.9 Å². The second-order valence-electron chi connectivity index (χ2n) is 8.19. The molecule has 0 aromatic heterocycles. The van der Waals surface area contributed by atoms with Crippen LogP contribution in [0.1, 0.15) is 73.5 Å². The fourth-order valence-corrected chi connectivity index (χ4v) is 4.64. The van der Waals surface area contributed by atoms with Gasteiger partial charge in [0.1, 0.15) is 0 Å².